The fourth-order valence-corrected chi connectivity index (χ4v) is 2.97. The van der Waals surface area contributed by atoms with E-state index in [9.17, 15) is 4.79 Å². The first-order valence-corrected chi connectivity index (χ1v) is 7.54. The van der Waals surface area contributed by atoms with E-state index < -0.39 is 0 Å². The largest absolute Gasteiger partial charge is 0.379 e. The fourth-order valence-electron chi connectivity index (χ4n) is 2.55. The van der Waals surface area contributed by atoms with Gasteiger partial charge in [0.15, 0.2) is 0 Å². The van der Waals surface area contributed by atoms with Crippen molar-refractivity contribution in [2.45, 2.75) is 25.3 Å². The van der Waals surface area contributed by atoms with Crippen LogP contribution in [0.15, 0.2) is 12.3 Å². The van der Waals surface area contributed by atoms with E-state index in [2.05, 4.69) is 11.4 Å². The van der Waals surface area contributed by atoms with Crippen molar-refractivity contribution in [2.24, 2.45) is 17.6 Å². The Hall–Kier alpha value is -0.810. The normalized spacial score (nSPS) is 27.2. The first kappa shape index (κ1) is 16.2. The summed E-state index contributed by atoms with van der Waals surface area (Å²) in [7, 11) is 1.98. The van der Waals surface area contributed by atoms with Crippen LogP contribution in [0, 0.1) is 11.8 Å². The molecule has 0 bridgehead atoms. The minimum Gasteiger partial charge on any atom is -0.379 e. The summed E-state index contributed by atoms with van der Waals surface area (Å²) < 4.78 is 0. The molecule has 0 radical (unpaired) electrons. The topological polar surface area (TPSA) is 58.4 Å². The summed E-state index contributed by atoms with van der Waals surface area (Å²) in [5.41, 5.74) is 6.96. The van der Waals surface area contributed by atoms with Crippen molar-refractivity contribution in [3.05, 3.63) is 12.3 Å². The molecule has 6 heteroatoms. The van der Waals surface area contributed by atoms with Crippen LogP contribution >= 0.6 is 23.8 Å². The second-order valence-corrected chi connectivity index (χ2v) is 5.54. The molecule has 0 aliphatic heterocycles. The smallest absolute Gasteiger partial charge is 0.222 e. The highest BCUT2D eigenvalue weighted by atomic mass is 35.5. The first-order valence-electron chi connectivity index (χ1n) is 6.53. The summed E-state index contributed by atoms with van der Waals surface area (Å²) in [4.78, 5) is 13.5. The van der Waals surface area contributed by atoms with Crippen LogP contribution in [0.1, 0.15) is 19.3 Å². The molecule has 3 N–H and O–H groups in total. The molecule has 0 heterocycles. The summed E-state index contributed by atoms with van der Waals surface area (Å²) in [5.74, 6) is 0.461. The average molecular weight is 304 g/mol. The monoisotopic (exact) mass is 303 g/mol. The molecule has 4 nitrogen and oxygen atoms in total. The van der Waals surface area contributed by atoms with Crippen molar-refractivity contribution < 1.29 is 4.79 Å². The van der Waals surface area contributed by atoms with Gasteiger partial charge in [-0.05, 0) is 25.0 Å². The molecule has 0 aromatic heterocycles. The summed E-state index contributed by atoms with van der Waals surface area (Å²) in [5, 5.41) is 3.11. The molecule has 1 amide bonds. The number of hydrogen-bond acceptors (Lipinski definition) is 3. The SMILES string of the molecule is CN(/C=C\C1CCCC(C(N)=O)C1NC=S)CCCl. The van der Waals surface area contributed by atoms with E-state index in [0.717, 1.165) is 25.8 Å². The number of rotatable bonds is 7. The summed E-state index contributed by atoms with van der Waals surface area (Å²) in [6, 6.07) is 0.00408. The standard InChI is InChI=1S/C13H22ClN3OS/c1-17(8-6-14)7-5-10-3-2-4-11(13(15)18)12(10)16-9-19/h5,7,9-12H,2-4,6,8H2,1H3,(H2,15,18)(H,16,19)/b7-5-. The van der Waals surface area contributed by atoms with Crippen molar-refractivity contribution in [1.29, 1.82) is 0 Å². The highest BCUT2D eigenvalue weighted by molar-refractivity contribution is 7.78. The predicted molar refractivity (Wildman–Crippen MR) is 83.1 cm³/mol. The number of nitrogens with one attached hydrogen (secondary N) is 1. The van der Waals surface area contributed by atoms with Crippen LogP contribution in [0.25, 0.3) is 0 Å². The van der Waals surface area contributed by atoms with Crippen molar-refractivity contribution in [3.63, 3.8) is 0 Å². The van der Waals surface area contributed by atoms with Gasteiger partial charge in [-0.2, -0.15) is 0 Å². The fraction of sp³-hybridized carbons (Fsp3) is 0.692. The second kappa shape index (κ2) is 8.38. The Bertz CT molecular complexity index is 338. The summed E-state index contributed by atoms with van der Waals surface area (Å²) in [6.07, 6.45) is 7.03. The van der Waals surface area contributed by atoms with E-state index in [-0.39, 0.29) is 23.8 Å². The summed E-state index contributed by atoms with van der Waals surface area (Å²) in [6.45, 7) is 0.801. The minimum atomic E-state index is -0.249. The molecule has 19 heavy (non-hydrogen) atoms. The maximum atomic E-state index is 11.5. The molecule has 0 aromatic rings. The lowest BCUT2D eigenvalue weighted by Crippen LogP contribution is -2.48. The molecule has 108 valence electrons. The van der Waals surface area contributed by atoms with Gasteiger partial charge >= 0.3 is 0 Å². The first-order chi connectivity index (χ1) is 9.10. The van der Waals surface area contributed by atoms with Gasteiger partial charge in [0, 0.05) is 25.5 Å². The van der Waals surface area contributed by atoms with Crippen LogP contribution in [0.5, 0.6) is 0 Å². The molecule has 1 aliphatic rings. The maximum absolute atomic E-state index is 11.5. The molecule has 1 fully saturated rings. The molecule has 3 unspecified atom stereocenters. The van der Waals surface area contributed by atoms with Gasteiger partial charge in [-0.15, -0.1) is 11.6 Å². The molecule has 0 spiro atoms. The van der Waals surface area contributed by atoms with E-state index in [1.165, 1.54) is 5.49 Å². The number of carbonyl (C=O) groups excluding carboxylic acids is 1. The molecule has 1 rings (SSSR count). The molecule has 1 aliphatic carbocycles. The molecular weight excluding hydrogens is 282 g/mol. The molecule has 0 aromatic carbocycles. The Morgan fingerprint density at radius 1 is 1.58 bits per heavy atom. The van der Waals surface area contributed by atoms with Crippen LogP contribution in [0.2, 0.25) is 0 Å². The van der Waals surface area contributed by atoms with Crippen molar-refractivity contribution >= 4 is 35.2 Å². The van der Waals surface area contributed by atoms with Gasteiger partial charge in [0.25, 0.3) is 0 Å². The van der Waals surface area contributed by atoms with E-state index in [4.69, 9.17) is 29.6 Å². The van der Waals surface area contributed by atoms with Crippen LogP contribution in [-0.4, -0.2) is 41.8 Å². The predicted octanol–water partition coefficient (Wildman–Crippen LogP) is 1.49. The van der Waals surface area contributed by atoms with E-state index >= 15 is 0 Å². The molecular formula is C13H22ClN3OS. The van der Waals surface area contributed by atoms with Gasteiger partial charge in [0.05, 0.1) is 11.4 Å². The highest BCUT2D eigenvalue weighted by Crippen LogP contribution is 2.30. The Balaban J connectivity index is 2.72. The van der Waals surface area contributed by atoms with Gasteiger partial charge < -0.3 is 16.0 Å². The van der Waals surface area contributed by atoms with Gasteiger partial charge in [-0.3, -0.25) is 4.79 Å². The molecule has 1 saturated carbocycles. The lowest BCUT2D eigenvalue weighted by molar-refractivity contribution is -0.123. The van der Waals surface area contributed by atoms with E-state index in [0.29, 0.717) is 5.88 Å². The van der Waals surface area contributed by atoms with Crippen molar-refractivity contribution in [3.8, 4) is 0 Å². The van der Waals surface area contributed by atoms with Crippen LogP contribution in [-0.2, 0) is 4.79 Å². The number of amides is 1. The van der Waals surface area contributed by atoms with E-state index in [1.807, 2.05) is 18.1 Å². The Kier molecular flexibility index (Phi) is 7.16. The highest BCUT2D eigenvalue weighted by Gasteiger charge is 2.34. The minimum absolute atomic E-state index is 0.00408. The number of nitrogens with zero attached hydrogens (tertiary/aromatic N) is 1. The lowest BCUT2D eigenvalue weighted by Gasteiger charge is -2.35. The number of primary amides is 1. The Morgan fingerprint density at radius 3 is 2.89 bits per heavy atom. The van der Waals surface area contributed by atoms with Gasteiger partial charge in [-0.25, -0.2) is 0 Å². The number of nitrogens with two attached hydrogens (primary N) is 1. The quantitative estimate of drug-likeness (QED) is 0.553. The Morgan fingerprint density at radius 2 is 2.32 bits per heavy atom. The zero-order valence-corrected chi connectivity index (χ0v) is 12.8. The van der Waals surface area contributed by atoms with Gasteiger partial charge in [-0.1, -0.05) is 24.7 Å². The molecule has 0 saturated heterocycles. The van der Waals surface area contributed by atoms with Gasteiger partial charge in [0.2, 0.25) is 5.91 Å². The third-order valence-electron chi connectivity index (χ3n) is 3.60. The van der Waals surface area contributed by atoms with Crippen molar-refractivity contribution in [1.82, 2.24) is 10.2 Å². The Labute approximate surface area is 125 Å². The number of hydrogen-bond donors (Lipinski definition) is 2. The average Bonchev–Trinajstić information content (AvgIpc) is 2.37. The lowest BCUT2D eigenvalue weighted by atomic mass is 9.76. The number of alkyl halides is 1. The third kappa shape index (κ3) is 4.99. The maximum Gasteiger partial charge on any atom is 0.222 e. The van der Waals surface area contributed by atoms with Crippen LogP contribution in [0.4, 0.5) is 0 Å². The zero-order chi connectivity index (χ0) is 14.3. The van der Waals surface area contributed by atoms with Crippen LogP contribution in [0.3, 0.4) is 0 Å². The van der Waals surface area contributed by atoms with E-state index in [1.54, 1.807) is 0 Å². The van der Waals surface area contributed by atoms with Crippen molar-refractivity contribution in [2.75, 3.05) is 19.5 Å². The van der Waals surface area contributed by atoms with Gasteiger partial charge in [0.1, 0.15) is 0 Å². The summed E-state index contributed by atoms with van der Waals surface area (Å²) >= 11 is 10.6. The third-order valence-corrected chi connectivity index (χ3v) is 3.90. The van der Waals surface area contributed by atoms with Crippen LogP contribution < -0.4 is 11.1 Å². The number of carbonyl (C=O) groups is 1. The number of halogens is 1. The second-order valence-electron chi connectivity index (χ2n) is 4.93. The zero-order valence-electron chi connectivity index (χ0n) is 11.2. The number of thiocarbonyl (C=S) groups is 1. The molecule has 3 atom stereocenters.